The predicted molar refractivity (Wildman–Crippen MR) is 100 cm³/mol. The van der Waals surface area contributed by atoms with Gasteiger partial charge in [0.05, 0.1) is 0 Å². The van der Waals surface area contributed by atoms with Gasteiger partial charge in [0.2, 0.25) is 0 Å². The minimum absolute atomic E-state index is 0.259. The second-order valence-corrected chi connectivity index (χ2v) is 7.25. The van der Waals surface area contributed by atoms with Crippen LogP contribution in [0.1, 0.15) is 36.8 Å². The molecule has 4 nitrogen and oxygen atoms in total. The van der Waals surface area contributed by atoms with Crippen LogP contribution in [0.3, 0.4) is 0 Å². The van der Waals surface area contributed by atoms with Crippen molar-refractivity contribution in [2.24, 2.45) is 0 Å². The Morgan fingerprint density at radius 2 is 1.76 bits per heavy atom. The van der Waals surface area contributed by atoms with E-state index in [1.165, 1.54) is 17.3 Å². The van der Waals surface area contributed by atoms with E-state index >= 15 is 0 Å². The highest BCUT2D eigenvalue weighted by atomic mass is 35.5. The maximum absolute atomic E-state index is 5.88. The van der Waals surface area contributed by atoms with Gasteiger partial charge in [0.1, 0.15) is 5.75 Å². The monoisotopic (exact) mass is 374 g/mol. The van der Waals surface area contributed by atoms with Crippen LogP contribution in [-0.4, -0.2) is 10.2 Å². The number of benzene rings is 2. The molecular formula is C19H19ClN2O2S. The molecule has 0 spiro atoms. The van der Waals surface area contributed by atoms with Crippen molar-refractivity contribution in [1.82, 2.24) is 10.2 Å². The molecule has 3 rings (SSSR count). The lowest BCUT2D eigenvalue weighted by Gasteiger charge is -2.07. The molecule has 0 atom stereocenters. The van der Waals surface area contributed by atoms with Gasteiger partial charge in [0, 0.05) is 10.8 Å². The largest absolute Gasteiger partial charge is 0.484 e. The summed E-state index contributed by atoms with van der Waals surface area (Å²) in [5.41, 5.74) is 2.43. The summed E-state index contributed by atoms with van der Waals surface area (Å²) in [6.07, 6.45) is 0. The number of nitrogens with zero attached hydrogens (tertiary/aromatic N) is 2. The third-order valence-corrected chi connectivity index (χ3v) is 4.77. The summed E-state index contributed by atoms with van der Waals surface area (Å²) in [7, 11) is 0. The highest BCUT2D eigenvalue weighted by molar-refractivity contribution is 7.98. The van der Waals surface area contributed by atoms with Crippen molar-refractivity contribution in [3.63, 3.8) is 0 Å². The summed E-state index contributed by atoms with van der Waals surface area (Å²) in [5, 5.41) is 9.32. The minimum atomic E-state index is 0.259. The van der Waals surface area contributed by atoms with Gasteiger partial charge in [-0.1, -0.05) is 61.5 Å². The van der Waals surface area contributed by atoms with Crippen LogP contribution >= 0.6 is 23.4 Å². The van der Waals surface area contributed by atoms with E-state index in [1.54, 1.807) is 0 Å². The molecule has 0 aliphatic carbocycles. The zero-order valence-electron chi connectivity index (χ0n) is 14.1. The first-order valence-corrected chi connectivity index (χ1v) is 9.39. The maximum Gasteiger partial charge on any atom is 0.277 e. The standard InChI is InChI=1S/C19H19ClN2O2S/c1-13(2)15-5-9-17(10-6-15)23-11-18-21-22-19(24-18)25-12-14-3-7-16(20)8-4-14/h3-10,13H,11-12H2,1-2H3. The fourth-order valence-electron chi connectivity index (χ4n) is 2.17. The summed E-state index contributed by atoms with van der Waals surface area (Å²) in [6, 6.07) is 15.8. The number of thioether (sulfide) groups is 1. The summed E-state index contributed by atoms with van der Waals surface area (Å²) >= 11 is 7.37. The molecule has 130 valence electrons. The van der Waals surface area contributed by atoms with Gasteiger partial charge in [0.25, 0.3) is 11.1 Å². The van der Waals surface area contributed by atoms with Crippen LogP contribution in [0.25, 0.3) is 0 Å². The number of hydrogen-bond donors (Lipinski definition) is 0. The van der Waals surface area contributed by atoms with E-state index in [0.717, 1.165) is 22.1 Å². The first-order valence-electron chi connectivity index (χ1n) is 8.02. The molecule has 1 heterocycles. The number of rotatable bonds is 7. The van der Waals surface area contributed by atoms with E-state index in [-0.39, 0.29) is 6.61 Å². The molecular weight excluding hydrogens is 356 g/mol. The van der Waals surface area contributed by atoms with E-state index in [2.05, 4.69) is 36.2 Å². The van der Waals surface area contributed by atoms with Crippen molar-refractivity contribution in [3.8, 4) is 5.75 Å². The number of hydrogen-bond acceptors (Lipinski definition) is 5. The Balaban J connectivity index is 1.50. The smallest absolute Gasteiger partial charge is 0.277 e. The summed E-state index contributed by atoms with van der Waals surface area (Å²) in [6.45, 7) is 4.59. The van der Waals surface area contributed by atoms with Crippen LogP contribution in [0.5, 0.6) is 5.75 Å². The maximum atomic E-state index is 5.88. The van der Waals surface area contributed by atoms with Crippen molar-refractivity contribution >= 4 is 23.4 Å². The van der Waals surface area contributed by atoms with Gasteiger partial charge in [-0.25, -0.2) is 0 Å². The molecule has 0 radical (unpaired) electrons. The van der Waals surface area contributed by atoms with Gasteiger partial charge >= 0.3 is 0 Å². The lowest BCUT2D eigenvalue weighted by Crippen LogP contribution is -1.96. The molecule has 6 heteroatoms. The Kier molecular flexibility index (Phi) is 6.00. The molecule has 0 saturated carbocycles. The fourth-order valence-corrected chi connectivity index (χ4v) is 3.04. The van der Waals surface area contributed by atoms with E-state index in [1.807, 2.05) is 36.4 Å². The number of ether oxygens (including phenoxy) is 1. The molecule has 0 aliphatic heterocycles. The molecule has 0 amide bonds. The zero-order chi connectivity index (χ0) is 17.6. The van der Waals surface area contributed by atoms with Crippen molar-refractivity contribution in [2.75, 3.05) is 0 Å². The highest BCUT2D eigenvalue weighted by Crippen LogP contribution is 2.23. The number of halogens is 1. The van der Waals surface area contributed by atoms with Crippen molar-refractivity contribution < 1.29 is 9.15 Å². The van der Waals surface area contributed by atoms with Crippen LogP contribution in [-0.2, 0) is 12.4 Å². The molecule has 0 N–H and O–H groups in total. The van der Waals surface area contributed by atoms with Crippen LogP contribution < -0.4 is 4.74 Å². The third-order valence-electron chi connectivity index (χ3n) is 3.63. The van der Waals surface area contributed by atoms with Gasteiger partial charge in [0.15, 0.2) is 6.61 Å². The average Bonchev–Trinajstić information content (AvgIpc) is 3.08. The first-order chi connectivity index (χ1) is 12.1. The van der Waals surface area contributed by atoms with Crippen LogP contribution in [0, 0.1) is 0 Å². The van der Waals surface area contributed by atoms with Gasteiger partial charge in [-0.2, -0.15) is 0 Å². The van der Waals surface area contributed by atoms with Crippen LogP contribution in [0.4, 0.5) is 0 Å². The Hall–Kier alpha value is -1.98. The summed E-state index contributed by atoms with van der Waals surface area (Å²) in [4.78, 5) is 0. The van der Waals surface area contributed by atoms with Gasteiger partial charge in [-0.15, -0.1) is 10.2 Å². The third kappa shape index (κ3) is 5.25. The van der Waals surface area contributed by atoms with E-state index in [0.29, 0.717) is 17.0 Å². The van der Waals surface area contributed by atoms with Crippen LogP contribution in [0.2, 0.25) is 5.02 Å². The molecule has 25 heavy (non-hydrogen) atoms. The molecule has 2 aromatic carbocycles. The van der Waals surface area contributed by atoms with Crippen molar-refractivity contribution in [3.05, 3.63) is 70.6 Å². The Morgan fingerprint density at radius 1 is 1.04 bits per heavy atom. The Morgan fingerprint density at radius 3 is 2.44 bits per heavy atom. The molecule has 0 aliphatic rings. The number of aromatic nitrogens is 2. The van der Waals surface area contributed by atoms with Crippen molar-refractivity contribution in [1.29, 1.82) is 0 Å². The lowest BCUT2D eigenvalue weighted by atomic mass is 10.0. The molecule has 0 saturated heterocycles. The van der Waals surface area contributed by atoms with Gasteiger partial charge in [-0.05, 0) is 41.3 Å². The Labute approximate surface area is 156 Å². The van der Waals surface area contributed by atoms with E-state index < -0.39 is 0 Å². The summed E-state index contributed by atoms with van der Waals surface area (Å²) in [5.74, 6) is 2.51. The van der Waals surface area contributed by atoms with Crippen LogP contribution in [0.15, 0.2) is 58.2 Å². The van der Waals surface area contributed by atoms with Crippen molar-refractivity contribution in [2.45, 2.75) is 37.3 Å². The molecule has 0 bridgehead atoms. The molecule has 1 aromatic heterocycles. The molecule has 3 aromatic rings. The topological polar surface area (TPSA) is 48.2 Å². The second kappa shape index (κ2) is 8.41. The van der Waals surface area contributed by atoms with E-state index in [9.17, 15) is 0 Å². The quantitative estimate of drug-likeness (QED) is 0.495. The molecule has 0 fully saturated rings. The second-order valence-electron chi connectivity index (χ2n) is 5.89. The first kappa shape index (κ1) is 17.8. The fraction of sp³-hybridized carbons (Fsp3) is 0.263. The van der Waals surface area contributed by atoms with E-state index in [4.69, 9.17) is 20.8 Å². The lowest BCUT2D eigenvalue weighted by molar-refractivity contribution is 0.252. The predicted octanol–water partition coefficient (Wildman–Crippen LogP) is 5.72. The minimum Gasteiger partial charge on any atom is -0.484 e. The molecule has 0 unspecified atom stereocenters. The zero-order valence-corrected chi connectivity index (χ0v) is 15.7. The van der Waals surface area contributed by atoms with Gasteiger partial charge < -0.3 is 9.15 Å². The Bertz CT molecular complexity index is 801. The normalized spacial score (nSPS) is 11.0. The highest BCUT2D eigenvalue weighted by Gasteiger charge is 2.08. The summed E-state index contributed by atoms with van der Waals surface area (Å²) < 4.78 is 11.3. The SMILES string of the molecule is CC(C)c1ccc(OCc2nnc(SCc3ccc(Cl)cc3)o2)cc1. The van der Waals surface area contributed by atoms with Gasteiger partial charge in [-0.3, -0.25) is 0 Å². The average molecular weight is 375 g/mol.